The summed E-state index contributed by atoms with van der Waals surface area (Å²) in [7, 11) is 0. The molecule has 0 aliphatic heterocycles. The van der Waals surface area contributed by atoms with Gasteiger partial charge in [0.25, 0.3) is 0 Å². The molecule has 0 atom stereocenters. The summed E-state index contributed by atoms with van der Waals surface area (Å²) in [6, 6.07) is 14.9. The van der Waals surface area contributed by atoms with E-state index in [1.807, 2.05) is 12.1 Å². The minimum Gasteiger partial charge on any atom is -0.338 e. The van der Waals surface area contributed by atoms with Crippen LogP contribution in [-0.4, -0.2) is 12.3 Å². The largest absolute Gasteiger partial charge is 0.362 e. The topological polar surface area (TPSA) is 55.4 Å². The zero-order valence-corrected chi connectivity index (χ0v) is 15.3. The zero-order chi connectivity index (χ0) is 18.8. The average molecular weight is 351 g/mol. The molecular weight excluding hydrogens is 326 g/mol. The third-order valence-electron chi connectivity index (χ3n) is 3.97. The Kier molecular flexibility index (Phi) is 7.62. The van der Waals surface area contributed by atoms with Gasteiger partial charge in [0.1, 0.15) is 5.70 Å². The van der Waals surface area contributed by atoms with E-state index in [2.05, 4.69) is 31.5 Å². The van der Waals surface area contributed by atoms with Crippen LogP contribution in [0.25, 0.3) is 6.08 Å². The van der Waals surface area contributed by atoms with Crippen molar-refractivity contribution in [2.75, 3.05) is 0 Å². The van der Waals surface area contributed by atoms with Crippen molar-refractivity contribution in [2.45, 2.75) is 39.5 Å². The van der Waals surface area contributed by atoms with Gasteiger partial charge in [-0.05, 0) is 47.7 Å². The van der Waals surface area contributed by atoms with Gasteiger partial charge in [0.15, 0.2) is 6.29 Å². The first-order valence-electron chi connectivity index (χ1n) is 8.98. The van der Waals surface area contributed by atoms with Gasteiger partial charge in [0.2, 0.25) is 0 Å². The third kappa shape index (κ3) is 5.59. The Hall–Kier alpha value is -2.88. The maximum Gasteiger partial charge on any atom is 0.362 e. The van der Waals surface area contributed by atoms with Crippen molar-refractivity contribution in [3.8, 4) is 0 Å². The number of hydrogen-bond acceptors (Lipinski definition) is 4. The molecule has 4 heteroatoms. The van der Waals surface area contributed by atoms with E-state index in [1.54, 1.807) is 30.3 Å². The van der Waals surface area contributed by atoms with Crippen LogP contribution in [0.4, 0.5) is 0 Å². The molecule has 0 saturated carbocycles. The van der Waals surface area contributed by atoms with E-state index in [-0.39, 0.29) is 5.70 Å². The monoisotopic (exact) mass is 351 g/mol. The van der Waals surface area contributed by atoms with Gasteiger partial charge < -0.3 is 4.84 Å². The Labute approximate surface area is 154 Å². The number of aldehydes is 1. The number of benzene rings is 2. The molecule has 0 aliphatic carbocycles. The zero-order valence-electron chi connectivity index (χ0n) is 15.3. The van der Waals surface area contributed by atoms with Crippen LogP contribution in [0.3, 0.4) is 0 Å². The van der Waals surface area contributed by atoms with Gasteiger partial charge in [-0.2, -0.15) is 0 Å². The third-order valence-corrected chi connectivity index (χ3v) is 3.97. The van der Waals surface area contributed by atoms with Crippen molar-refractivity contribution in [1.29, 1.82) is 0 Å². The smallest absolute Gasteiger partial charge is 0.338 e. The maximum absolute atomic E-state index is 12.0. The van der Waals surface area contributed by atoms with E-state index in [0.29, 0.717) is 11.8 Å². The molecular formula is C22H25NO3. The second kappa shape index (κ2) is 10.2. The minimum atomic E-state index is -0.537. The Bertz CT molecular complexity index is 766. The van der Waals surface area contributed by atoms with E-state index in [4.69, 9.17) is 4.84 Å². The summed E-state index contributed by atoms with van der Waals surface area (Å²) >= 11 is 0. The summed E-state index contributed by atoms with van der Waals surface area (Å²) in [5.74, 6) is -0.537. The number of hydrogen-bond donors (Lipinski definition) is 1. The first kappa shape index (κ1) is 19.4. The van der Waals surface area contributed by atoms with Crippen LogP contribution in [0.2, 0.25) is 0 Å². The number of allylic oxidation sites excluding steroid dienone is 1. The second-order valence-electron chi connectivity index (χ2n) is 6.11. The van der Waals surface area contributed by atoms with E-state index in [1.165, 1.54) is 11.1 Å². The summed E-state index contributed by atoms with van der Waals surface area (Å²) in [5, 5.41) is 0. The number of nitrogens with one attached hydrogen (secondary N) is 1. The molecule has 0 aromatic heterocycles. The van der Waals surface area contributed by atoms with Gasteiger partial charge in [-0.25, -0.2) is 10.3 Å². The molecule has 0 fully saturated rings. The van der Waals surface area contributed by atoms with Crippen LogP contribution in [0.5, 0.6) is 0 Å². The van der Waals surface area contributed by atoms with E-state index < -0.39 is 5.97 Å². The Morgan fingerprint density at radius 1 is 1.04 bits per heavy atom. The molecule has 0 saturated heterocycles. The molecule has 2 aromatic rings. The first-order valence-corrected chi connectivity index (χ1v) is 8.98. The summed E-state index contributed by atoms with van der Waals surface area (Å²) in [6.45, 7) is 4.28. The van der Waals surface area contributed by atoms with Gasteiger partial charge in [0.05, 0.1) is 5.56 Å². The van der Waals surface area contributed by atoms with Crippen molar-refractivity contribution >= 4 is 18.3 Å². The molecule has 0 amide bonds. The van der Waals surface area contributed by atoms with Crippen molar-refractivity contribution in [2.24, 2.45) is 0 Å². The molecule has 1 N–H and O–H groups in total. The molecule has 0 heterocycles. The highest BCUT2D eigenvalue weighted by atomic mass is 16.7. The van der Waals surface area contributed by atoms with Crippen molar-refractivity contribution in [3.05, 3.63) is 76.5 Å². The SMILES string of the molecule is CCCc1ccc(C=C(C=O)NOC(=O)c2ccccc2)c(CCC)c1. The van der Waals surface area contributed by atoms with Crippen LogP contribution in [0.15, 0.2) is 54.2 Å². The van der Waals surface area contributed by atoms with Crippen LogP contribution in [-0.2, 0) is 22.5 Å². The summed E-state index contributed by atoms with van der Waals surface area (Å²) in [6.07, 6.45) is 6.44. The normalized spacial score (nSPS) is 11.1. The quantitative estimate of drug-likeness (QED) is 0.411. The average Bonchev–Trinajstić information content (AvgIpc) is 2.67. The minimum absolute atomic E-state index is 0.204. The fourth-order valence-corrected chi connectivity index (χ4v) is 2.72. The number of carbonyl (C=O) groups excluding carboxylic acids is 2. The number of rotatable bonds is 9. The first-order chi connectivity index (χ1) is 12.7. The summed E-state index contributed by atoms with van der Waals surface area (Å²) in [4.78, 5) is 28.4. The van der Waals surface area contributed by atoms with Crippen molar-refractivity contribution in [1.82, 2.24) is 5.48 Å². The Morgan fingerprint density at radius 2 is 1.77 bits per heavy atom. The number of carbonyl (C=O) groups is 2. The Balaban J connectivity index is 2.14. The molecule has 0 bridgehead atoms. The molecule has 4 nitrogen and oxygen atoms in total. The van der Waals surface area contributed by atoms with Crippen LogP contribution >= 0.6 is 0 Å². The number of aryl methyl sites for hydroxylation is 2. The highest BCUT2D eigenvalue weighted by Gasteiger charge is 2.08. The molecule has 0 radical (unpaired) electrons. The van der Waals surface area contributed by atoms with Crippen molar-refractivity contribution < 1.29 is 14.4 Å². The van der Waals surface area contributed by atoms with Gasteiger partial charge in [0, 0.05) is 0 Å². The molecule has 0 aliphatic rings. The lowest BCUT2D eigenvalue weighted by Gasteiger charge is -2.10. The highest BCUT2D eigenvalue weighted by Crippen LogP contribution is 2.18. The molecule has 0 unspecified atom stereocenters. The van der Waals surface area contributed by atoms with Gasteiger partial charge in [-0.3, -0.25) is 4.79 Å². The predicted octanol–water partition coefficient (Wildman–Crippen LogP) is 4.49. The van der Waals surface area contributed by atoms with Gasteiger partial charge in [-0.15, -0.1) is 0 Å². The van der Waals surface area contributed by atoms with Crippen LogP contribution < -0.4 is 5.48 Å². The standard InChI is InChI=1S/C22H25NO3/c1-3-8-17-12-13-20(19(14-17)9-4-2)15-21(16-24)23-26-22(25)18-10-6-5-7-11-18/h5-7,10-16,23H,3-4,8-9H2,1-2H3. The Morgan fingerprint density at radius 3 is 2.42 bits per heavy atom. The highest BCUT2D eigenvalue weighted by molar-refractivity contribution is 5.89. The molecule has 2 rings (SSSR count). The molecule has 0 spiro atoms. The van der Waals surface area contributed by atoms with Crippen LogP contribution in [0, 0.1) is 0 Å². The fraction of sp³-hybridized carbons (Fsp3) is 0.273. The lowest BCUT2D eigenvalue weighted by Crippen LogP contribution is -2.20. The molecule has 2 aromatic carbocycles. The second-order valence-corrected chi connectivity index (χ2v) is 6.11. The van der Waals surface area contributed by atoms with E-state index in [0.717, 1.165) is 31.2 Å². The summed E-state index contributed by atoms with van der Waals surface area (Å²) in [5.41, 5.74) is 6.53. The maximum atomic E-state index is 12.0. The number of hydroxylamine groups is 1. The predicted molar refractivity (Wildman–Crippen MR) is 103 cm³/mol. The van der Waals surface area contributed by atoms with E-state index in [9.17, 15) is 9.59 Å². The lowest BCUT2D eigenvalue weighted by atomic mass is 9.97. The van der Waals surface area contributed by atoms with Gasteiger partial charge in [-0.1, -0.05) is 63.1 Å². The van der Waals surface area contributed by atoms with Crippen molar-refractivity contribution in [3.63, 3.8) is 0 Å². The fourth-order valence-electron chi connectivity index (χ4n) is 2.72. The molecule has 136 valence electrons. The lowest BCUT2D eigenvalue weighted by molar-refractivity contribution is -0.106. The van der Waals surface area contributed by atoms with E-state index >= 15 is 0 Å². The van der Waals surface area contributed by atoms with Crippen LogP contribution in [0.1, 0.15) is 53.7 Å². The summed E-state index contributed by atoms with van der Waals surface area (Å²) < 4.78 is 0. The van der Waals surface area contributed by atoms with Gasteiger partial charge >= 0.3 is 5.97 Å². The molecule has 26 heavy (non-hydrogen) atoms.